The molecule has 0 aliphatic rings. The largest absolute Gasteiger partial charge is 0.309 e. The molecule has 0 atom stereocenters. The highest BCUT2D eigenvalue weighted by Crippen LogP contribution is 2.39. The lowest BCUT2D eigenvalue weighted by Gasteiger charge is -2.11. The minimum absolute atomic E-state index is 0.628. The van der Waals surface area contributed by atoms with E-state index in [1.165, 1.54) is 54.5 Å². The number of nitrogens with zero attached hydrogens (tertiary/aromatic N) is 5. The Balaban J connectivity index is 0.909. The average Bonchev–Trinajstić information content (AvgIpc) is 3.88. The van der Waals surface area contributed by atoms with Crippen LogP contribution in [0.5, 0.6) is 0 Å². The molecule has 64 heavy (non-hydrogen) atoms. The molecule has 0 amide bonds. The summed E-state index contributed by atoms with van der Waals surface area (Å²) in [6, 6.07) is 80.0. The van der Waals surface area contributed by atoms with Gasteiger partial charge in [-0.25, -0.2) is 15.0 Å². The first-order valence-electron chi connectivity index (χ1n) is 21.7. The molecule has 3 aromatic heterocycles. The fourth-order valence-electron chi connectivity index (χ4n) is 9.62. The van der Waals surface area contributed by atoms with Crippen molar-refractivity contribution in [3.8, 4) is 56.7 Å². The Morgan fingerprint density at radius 2 is 0.609 bits per heavy atom. The first-order valence-corrected chi connectivity index (χ1v) is 21.7. The fourth-order valence-corrected chi connectivity index (χ4v) is 9.62. The summed E-state index contributed by atoms with van der Waals surface area (Å²) in [5.41, 5.74) is 12.1. The van der Waals surface area contributed by atoms with Gasteiger partial charge in [0.25, 0.3) is 0 Å². The summed E-state index contributed by atoms with van der Waals surface area (Å²) in [6.07, 6.45) is 0. The third-order valence-electron chi connectivity index (χ3n) is 12.7. The summed E-state index contributed by atoms with van der Waals surface area (Å²) in [6.45, 7) is 0. The van der Waals surface area contributed by atoms with E-state index >= 15 is 0 Å². The fraction of sp³-hybridized carbons (Fsp3) is 0. The Labute approximate surface area is 368 Å². The molecule has 0 radical (unpaired) electrons. The van der Waals surface area contributed by atoms with Gasteiger partial charge in [0.2, 0.25) is 0 Å². The number of hydrogen-bond donors (Lipinski definition) is 0. The molecule has 3 heterocycles. The van der Waals surface area contributed by atoms with Gasteiger partial charge in [-0.3, -0.25) is 0 Å². The molecule has 0 fully saturated rings. The summed E-state index contributed by atoms with van der Waals surface area (Å²) < 4.78 is 4.73. The SMILES string of the molecule is c1ccc(-n2c3ccccc3c3cc(-c4ccc5c(c4)c4ccccc4n5-c4ccc(-c5nc(-c6ccc7ccccc7c6)nc(-c6ccc7ccccc7c6)n5)cc4)ccc32)cc1. The number of fused-ring (bicyclic) bond motifs is 8. The molecule has 0 aliphatic carbocycles. The first-order chi connectivity index (χ1) is 31.7. The Hall–Kier alpha value is -8.67. The van der Waals surface area contributed by atoms with E-state index in [4.69, 9.17) is 15.0 Å². The number of rotatable bonds is 6. The molecule has 0 bridgehead atoms. The molecule has 0 saturated carbocycles. The molecule has 0 unspecified atom stereocenters. The van der Waals surface area contributed by atoms with Gasteiger partial charge < -0.3 is 9.13 Å². The molecule has 0 spiro atoms. The zero-order valence-corrected chi connectivity index (χ0v) is 34.6. The van der Waals surface area contributed by atoms with Gasteiger partial charge >= 0.3 is 0 Å². The lowest BCUT2D eigenvalue weighted by molar-refractivity contribution is 1.07. The van der Waals surface area contributed by atoms with E-state index in [9.17, 15) is 0 Å². The zero-order chi connectivity index (χ0) is 42.1. The van der Waals surface area contributed by atoms with Crippen molar-refractivity contribution in [3.05, 3.63) is 224 Å². The van der Waals surface area contributed by atoms with Crippen molar-refractivity contribution in [1.29, 1.82) is 0 Å². The van der Waals surface area contributed by atoms with Crippen LogP contribution in [0.1, 0.15) is 0 Å². The third-order valence-corrected chi connectivity index (χ3v) is 12.7. The molecule has 298 valence electrons. The second-order valence-electron chi connectivity index (χ2n) is 16.5. The van der Waals surface area contributed by atoms with Crippen molar-refractivity contribution < 1.29 is 0 Å². The molecule has 10 aromatic carbocycles. The summed E-state index contributed by atoms with van der Waals surface area (Å²) >= 11 is 0. The molecule has 0 aliphatic heterocycles. The Morgan fingerprint density at radius 1 is 0.234 bits per heavy atom. The standard InChI is InChI=1S/C59H37N5/c1-2-16-47(17-3-1)63-53-20-10-8-18-49(53)51-36-43(28-32-55(51)63)44-29-33-56-52(37-44)50-19-9-11-21-54(50)64(56)48-30-26-40(27-31-48)57-60-58(45-24-22-38-12-4-6-14-41(38)34-45)62-59(61-57)46-25-23-39-13-5-7-15-42(39)35-46/h1-37H. The van der Waals surface area contributed by atoms with Crippen LogP contribution in [0.15, 0.2) is 224 Å². The lowest BCUT2D eigenvalue weighted by atomic mass is 10.0. The third kappa shape index (κ3) is 5.90. The van der Waals surface area contributed by atoms with Crippen LogP contribution in [0.3, 0.4) is 0 Å². The van der Waals surface area contributed by atoms with E-state index in [0.717, 1.165) is 49.9 Å². The highest BCUT2D eigenvalue weighted by molar-refractivity contribution is 6.12. The van der Waals surface area contributed by atoms with E-state index in [0.29, 0.717) is 17.5 Å². The van der Waals surface area contributed by atoms with Crippen LogP contribution < -0.4 is 0 Å². The van der Waals surface area contributed by atoms with E-state index in [2.05, 4.69) is 234 Å². The lowest BCUT2D eigenvalue weighted by Crippen LogP contribution is -2.00. The smallest absolute Gasteiger partial charge is 0.164 e. The summed E-state index contributed by atoms with van der Waals surface area (Å²) in [5, 5.41) is 9.55. The number of para-hydroxylation sites is 3. The second kappa shape index (κ2) is 14.5. The Morgan fingerprint density at radius 3 is 1.12 bits per heavy atom. The summed E-state index contributed by atoms with van der Waals surface area (Å²) in [5.74, 6) is 1.91. The summed E-state index contributed by atoms with van der Waals surface area (Å²) in [7, 11) is 0. The number of aromatic nitrogens is 5. The molecule has 0 saturated heterocycles. The molecular formula is C59H37N5. The predicted molar refractivity (Wildman–Crippen MR) is 265 cm³/mol. The van der Waals surface area contributed by atoms with Crippen LogP contribution in [-0.4, -0.2) is 24.1 Å². The molecular weight excluding hydrogens is 779 g/mol. The van der Waals surface area contributed by atoms with Crippen molar-refractivity contribution in [3.63, 3.8) is 0 Å². The van der Waals surface area contributed by atoms with Crippen molar-refractivity contribution in [1.82, 2.24) is 24.1 Å². The highest BCUT2D eigenvalue weighted by Gasteiger charge is 2.18. The van der Waals surface area contributed by atoms with Gasteiger partial charge in [-0.15, -0.1) is 0 Å². The minimum atomic E-state index is 0.628. The maximum absolute atomic E-state index is 5.12. The van der Waals surface area contributed by atoms with Gasteiger partial charge in [0.1, 0.15) is 0 Å². The molecule has 5 nitrogen and oxygen atoms in total. The first kappa shape index (κ1) is 36.0. The van der Waals surface area contributed by atoms with Crippen LogP contribution >= 0.6 is 0 Å². The van der Waals surface area contributed by atoms with Crippen molar-refractivity contribution in [2.45, 2.75) is 0 Å². The van der Waals surface area contributed by atoms with Crippen LogP contribution in [0.4, 0.5) is 0 Å². The van der Waals surface area contributed by atoms with Gasteiger partial charge in [0, 0.05) is 49.6 Å². The monoisotopic (exact) mass is 815 g/mol. The van der Waals surface area contributed by atoms with Crippen molar-refractivity contribution in [2.24, 2.45) is 0 Å². The highest BCUT2D eigenvalue weighted by atomic mass is 15.0. The second-order valence-corrected chi connectivity index (χ2v) is 16.5. The van der Waals surface area contributed by atoms with Gasteiger partial charge in [-0.05, 0) is 118 Å². The van der Waals surface area contributed by atoms with E-state index in [-0.39, 0.29) is 0 Å². The predicted octanol–water partition coefficient (Wildman–Crippen LogP) is 15.0. The van der Waals surface area contributed by atoms with Crippen molar-refractivity contribution >= 4 is 65.2 Å². The van der Waals surface area contributed by atoms with Gasteiger partial charge in [-0.2, -0.15) is 0 Å². The molecule has 13 rings (SSSR count). The van der Waals surface area contributed by atoms with E-state index < -0.39 is 0 Å². The minimum Gasteiger partial charge on any atom is -0.309 e. The molecule has 5 heteroatoms. The van der Waals surface area contributed by atoms with Crippen molar-refractivity contribution in [2.75, 3.05) is 0 Å². The van der Waals surface area contributed by atoms with Gasteiger partial charge in [-0.1, -0.05) is 140 Å². The van der Waals surface area contributed by atoms with Crippen LogP contribution in [0.25, 0.3) is 122 Å². The van der Waals surface area contributed by atoms with Gasteiger partial charge in [0.05, 0.1) is 22.1 Å². The van der Waals surface area contributed by atoms with E-state index in [1.54, 1.807) is 0 Å². The summed E-state index contributed by atoms with van der Waals surface area (Å²) in [4.78, 5) is 15.3. The maximum Gasteiger partial charge on any atom is 0.164 e. The van der Waals surface area contributed by atoms with Crippen LogP contribution in [-0.2, 0) is 0 Å². The van der Waals surface area contributed by atoms with Gasteiger partial charge in [0.15, 0.2) is 17.5 Å². The Kier molecular flexibility index (Phi) is 8.15. The normalized spacial score (nSPS) is 11.8. The van der Waals surface area contributed by atoms with E-state index in [1.807, 2.05) is 0 Å². The molecule has 0 N–H and O–H groups in total. The topological polar surface area (TPSA) is 48.5 Å². The quantitative estimate of drug-likeness (QED) is 0.168. The van der Waals surface area contributed by atoms with Crippen LogP contribution in [0, 0.1) is 0 Å². The number of benzene rings is 10. The maximum atomic E-state index is 5.12. The average molecular weight is 816 g/mol. The Bertz CT molecular complexity index is 3860. The van der Waals surface area contributed by atoms with Crippen LogP contribution in [0.2, 0.25) is 0 Å². The number of hydrogen-bond acceptors (Lipinski definition) is 3. The zero-order valence-electron chi connectivity index (χ0n) is 34.6. The molecule has 13 aromatic rings.